The molecule has 2 amide bonds. The number of amides is 2. The van der Waals surface area contributed by atoms with Gasteiger partial charge in [-0.25, -0.2) is 9.78 Å². The summed E-state index contributed by atoms with van der Waals surface area (Å²) in [4.78, 5) is 53.5. The number of para-hydroxylation sites is 1. The molecule has 0 spiro atoms. The summed E-state index contributed by atoms with van der Waals surface area (Å²) in [7, 11) is 2.84. The molecule has 0 aliphatic rings. The van der Waals surface area contributed by atoms with Gasteiger partial charge in [-0.1, -0.05) is 12.1 Å². The molecule has 0 aliphatic carbocycles. The van der Waals surface area contributed by atoms with E-state index in [1.807, 2.05) is 30.6 Å². The molecule has 1 aromatic carbocycles. The lowest BCUT2D eigenvalue weighted by atomic mass is 10.1. The standard InChI is InChI=1S/C20H19N7O4/c1-24-17-16(19(30)25(2)20(24)31)27(12-21-17)11-15(28)22-23-18(29)13-7-3-4-8-14(13)26-9-5-6-10-26/h3-10,12H,11H2,1-2H3,(H,22,28)(H,23,29). The highest BCUT2D eigenvalue weighted by atomic mass is 16.2. The van der Waals surface area contributed by atoms with Crippen molar-refractivity contribution in [3.63, 3.8) is 0 Å². The second-order valence-corrected chi connectivity index (χ2v) is 6.86. The first-order valence-electron chi connectivity index (χ1n) is 9.31. The van der Waals surface area contributed by atoms with Crippen molar-refractivity contribution < 1.29 is 9.59 Å². The molecule has 11 heteroatoms. The van der Waals surface area contributed by atoms with Crippen LogP contribution in [0.2, 0.25) is 0 Å². The van der Waals surface area contributed by atoms with Crippen molar-refractivity contribution in [1.82, 2.24) is 34.1 Å². The molecule has 4 aromatic rings. The highest BCUT2D eigenvalue weighted by Crippen LogP contribution is 2.14. The minimum absolute atomic E-state index is 0.115. The molecule has 4 rings (SSSR count). The Morgan fingerprint density at radius 3 is 2.42 bits per heavy atom. The van der Waals surface area contributed by atoms with Crippen LogP contribution in [0.4, 0.5) is 0 Å². The molecule has 158 valence electrons. The average Bonchev–Trinajstić information content (AvgIpc) is 3.45. The van der Waals surface area contributed by atoms with Gasteiger partial charge < -0.3 is 9.13 Å². The van der Waals surface area contributed by atoms with E-state index in [-0.39, 0.29) is 17.7 Å². The lowest BCUT2D eigenvalue weighted by molar-refractivity contribution is -0.122. The normalized spacial score (nSPS) is 10.9. The third-order valence-electron chi connectivity index (χ3n) is 4.88. The molecule has 0 unspecified atom stereocenters. The Hall–Kier alpha value is -4.41. The molecule has 31 heavy (non-hydrogen) atoms. The van der Waals surface area contributed by atoms with Crippen molar-refractivity contribution in [3.05, 3.63) is 81.5 Å². The van der Waals surface area contributed by atoms with Crippen LogP contribution < -0.4 is 22.1 Å². The van der Waals surface area contributed by atoms with Crippen molar-refractivity contribution in [3.8, 4) is 5.69 Å². The van der Waals surface area contributed by atoms with Gasteiger partial charge in [0.15, 0.2) is 11.2 Å². The highest BCUT2D eigenvalue weighted by molar-refractivity contribution is 5.98. The molecule has 0 saturated carbocycles. The van der Waals surface area contributed by atoms with Gasteiger partial charge in [-0.15, -0.1) is 0 Å². The first-order valence-corrected chi connectivity index (χ1v) is 9.31. The number of carbonyl (C=O) groups excluding carboxylic acids is 2. The fourth-order valence-electron chi connectivity index (χ4n) is 3.29. The third kappa shape index (κ3) is 3.52. The van der Waals surface area contributed by atoms with Crippen molar-refractivity contribution in [2.24, 2.45) is 14.1 Å². The summed E-state index contributed by atoms with van der Waals surface area (Å²) < 4.78 is 5.28. The number of nitrogens with zero attached hydrogens (tertiary/aromatic N) is 5. The van der Waals surface area contributed by atoms with Crippen molar-refractivity contribution in [1.29, 1.82) is 0 Å². The Labute approximate surface area is 175 Å². The molecule has 0 fully saturated rings. The number of hydrogen-bond donors (Lipinski definition) is 2. The van der Waals surface area contributed by atoms with E-state index < -0.39 is 23.1 Å². The SMILES string of the molecule is Cn1c(=O)c2c(ncn2CC(=O)NNC(=O)c2ccccc2-n2cccc2)n(C)c1=O. The maximum absolute atomic E-state index is 12.6. The van der Waals surface area contributed by atoms with Gasteiger partial charge in [-0.3, -0.25) is 34.4 Å². The maximum Gasteiger partial charge on any atom is 0.332 e. The predicted octanol–water partition coefficient (Wildman–Crippen LogP) is -0.314. The lowest BCUT2D eigenvalue weighted by Crippen LogP contribution is -2.43. The third-order valence-corrected chi connectivity index (χ3v) is 4.88. The summed E-state index contributed by atoms with van der Waals surface area (Å²) in [6.45, 7) is -0.274. The zero-order valence-corrected chi connectivity index (χ0v) is 16.8. The van der Waals surface area contributed by atoms with E-state index in [0.29, 0.717) is 11.3 Å². The van der Waals surface area contributed by atoms with Crippen LogP contribution in [0.25, 0.3) is 16.9 Å². The molecule has 2 N–H and O–H groups in total. The largest absolute Gasteiger partial charge is 0.332 e. The van der Waals surface area contributed by atoms with Crippen LogP contribution in [-0.4, -0.2) is 35.1 Å². The molecular weight excluding hydrogens is 402 g/mol. The second kappa shape index (κ2) is 7.78. The van der Waals surface area contributed by atoms with Crippen molar-refractivity contribution in [2.75, 3.05) is 0 Å². The minimum atomic E-state index is -0.568. The first-order chi connectivity index (χ1) is 14.9. The molecule has 0 aliphatic heterocycles. The van der Waals surface area contributed by atoms with Gasteiger partial charge >= 0.3 is 5.69 Å². The Morgan fingerprint density at radius 2 is 1.68 bits per heavy atom. The molecule has 0 atom stereocenters. The number of rotatable bonds is 4. The summed E-state index contributed by atoms with van der Waals surface area (Å²) in [6.07, 6.45) is 4.92. The topological polar surface area (TPSA) is 125 Å². The van der Waals surface area contributed by atoms with Gasteiger partial charge in [0, 0.05) is 26.5 Å². The number of benzene rings is 1. The number of hydrogen-bond acceptors (Lipinski definition) is 5. The van der Waals surface area contributed by atoms with Crippen LogP contribution in [0.3, 0.4) is 0 Å². The lowest BCUT2D eigenvalue weighted by Gasteiger charge is -2.12. The number of aromatic nitrogens is 5. The van der Waals surface area contributed by atoms with E-state index in [2.05, 4.69) is 15.8 Å². The number of fused-ring (bicyclic) bond motifs is 1. The second-order valence-electron chi connectivity index (χ2n) is 6.86. The summed E-state index contributed by atoms with van der Waals surface area (Å²) in [5.41, 5.74) is 4.97. The van der Waals surface area contributed by atoms with Gasteiger partial charge in [0.25, 0.3) is 17.4 Å². The monoisotopic (exact) mass is 421 g/mol. The molecule has 0 bridgehead atoms. The van der Waals surface area contributed by atoms with Crippen LogP contribution in [0.5, 0.6) is 0 Å². The quantitative estimate of drug-likeness (QED) is 0.437. The van der Waals surface area contributed by atoms with Crippen LogP contribution in [0, 0.1) is 0 Å². The summed E-state index contributed by atoms with van der Waals surface area (Å²) >= 11 is 0. The molecule has 3 heterocycles. The summed E-state index contributed by atoms with van der Waals surface area (Å²) in [6, 6.07) is 10.6. The molecular formula is C20H19N7O4. The van der Waals surface area contributed by atoms with E-state index in [1.165, 1.54) is 29.6 Å². The van der Waals surface area contributed by atoms with E-state index in [4.69, 9.17) is 0 Å². The number of imidazole rings is 1. The van der Waals surface area contributed by atoms with Gasteiger partial charge in [-0.05, 0) is 24.3 Å². The number of aryl methyl sites for hydroxylation is 1. The van der Waals surface area contributed by atoms with Crippen molar-refractivity contribution in [2.45, 2.75) is 6.54 Å². The Kier molecular flexibility index (Phi) is 4.99. The minimum Gasteiger partial charge on any atom is -0.323 e. The van der Waals surface area contributed by atoms with E-state index >= 15 is 0 Å². The molecule has 0 radical (unpaired) electrons. The fourth-order valence-corrected chi connectivity index (χ4v) is 3.29. The molecule has 3 aromatic heterocycles. The van der Waals surface area contributed by atoms with Gasteiger partial charge in [-0.2, -0.15) is 0 Å². The van der Waals surface area contributed by atoms with Crippen molar-refractivity contribution >= 4 is 23.0 Å². The van der Waals surface area contributed by atoms with Crippen LogP contribution in [0.15, 0.2) is 64.7 Å². The predicted molar refractivity (Wildman–Crippen MR) is 112 cm³/mol. The first kappa shape index (κ1) is 19.9. The van der Waals surface area contributed by atoms with E-state index in [0.717, 1.165) is 4.57 Å². The Morgan fingerprint density at radius 1 is 0.968 bits per heavy atom. The van der Waals surface area contributed by atoms with Gasteiger partial charge in [0.05, 0.1) is 17.6 Å². The smallest absolute Gasteiger partial charge is 0.323 e. The molecule has 11 nitrogen and oxygen atoms in total. The molecule has 0 saturated heterocycles. The number of carbonyl (C=O) groups is 2. The average molecular weight is 421 g/mol. The zero-order valence-electron chi connectivity index (χ0n) is 16.8. The Balaban J connectivity index is 1.51. The van der Waals surface area contributed by atoms with Crippen LogP contribution in [-0.2, 0) is 25.4 Å². The number of nitrogens with one attached hydrogen (secondary N) is 2. The fraction of sp³-hybridized carbons (Fsp3) is 0.150. The van der Waals surface area contributed by atoms with Crippen LogP contribution >= 0.6 is 0 Å². The van der Waals surface area contributed by atoms with E-state index in [1.54, 1.807) is 22.8 Å². The van der Waals surface area contributed by atoms with E-state index in [9.17, 15) is 19.2 Å². The number of hydrazine groups is 1. The van der Waals surface area contributed by atoms with Crippen LogP contribution in [0.1, 0.15) is 10.4 Å². The zero-order chi connectivity index (χ0) is 22.1. The summed E-state index contributed by atoms with van der Waals surface area (Å²) in [5.74, 6) is -1.06. The van der Waals surface area contributed by atoms with Gasteiger partial charge in [0.1, 0.15) is 6.54 Å². The summed E-state index contributed by atoms with van der Waals surface area (Å²) in [5, 5.41) is 0. The van der Waals surface area contributed by atoms with Gasteiger partial charge in [0.2, 0.25) is 0 Å². The highest BCUT2D eigenvalue weighted by Gasteiger charge is 2.17. The maximum atomic E-state index is 12.6. The Bertz CT molecular complexity index is 1410.